The number of carbonyl (C=O) groups excluding carboxylic acids is 1. The molecule has 0 spiro atoms. The van der Waals surface area contributed by atoms with Crippen LogP contribution >= 0.6 is 11.8 Å². The molecule has 0 radical (unpaired) electrons. The van der Waals surface area contributed by atoms with E-state index in [1.165, 1.54) is 11.7 Å². The largest absolute Gasteiger partial charge is 0.494 e. The Labute approximate surface area is 205 Å². The fourth-order valence-electron chi connectivity index (χ4n) is 3.16. The number of pyridine rings is 1. The van der Waals surface area contributed by atoms with Gasteiger partial charge in [0.05, 0.1) is 17.4 Å². The maximum absolute atomic E-state index is 12.8. The van der Waals surface area contributed by atoms with Crippen LogP contribution in [0.25, 0.3) is 11.3 Å². The SMILES string of the molecule is CCCCOc1ccc(NC(=O)C(C)Sc2nc(N)c(C#N)c(-c3c(=O)o[nH][n+]3C)c2C#N)cc1. The number of anilines is 2. The third kappa shape index (κ3) is 5.62. The molecule has 12 heteroatoms. The summed E-state index contributed by atoms with van der Waals surface area (Å²) >= 11 is 0.984. The average molecular weight is 495 g/mol. The van der Waals surface area contributed by atoms with Gasteiger partial charge in [-0.05, 0) is 42.9 Å². The van der Waals surface area contributed by atoms with Gasteiger partial charge in [0, 0.05) is 5.69 Å². The lowest BCUT2D eigenvalue weighted by atomic mass is 10.0. The summed E-state index contributed by atoms with van der Waals surface area (Å²) in [5.41, 5.74) is 5.51. The van der Waals surface area contributed by atoms with Crippen molar-refractivity contribution in [1.29, 1.82) is 10.5 Å². The second kappa shape index (κ2) is 11.2. The molecule has 1 aromatic carbocycles. The van der Waals surface area contributed by atoms with Crippen molar-refractivity contribution in [2.45, 2.75) is 37.0 Å². The summed E-state index contributed by atoms with van der Waals surface area (Å²) in [5, 5.41) is 24.0. The second-order valence-corrected chi connectivity index (χ2v) is 8.84. The van der Waals surface area contributed by atoms with Crippen molar-refractivity contribution in [2.24, 2.45) is 7.05 Å². The Bertz CT molecular complexity index is 1370. The maximum atomic E-state index is 12.8. The molecular weight excluding hydrogens is 470 g/mol. The molecule has 35 heavy (non-hydrogen) atoms. The fraction of sp³-hybridized carbons (Fsp3) is 0.304. The molecule has 180 valence electrons. The molecule has 1 amide bonds. The number of aryl methyl sites for hydroxylation is 1. The van der Waals surface area contributed by atoms with Gasteiger partial charge in [0.25, 0.3) is 0 Å². The van der Waals surface area contributed by atoms with Crippen LogP contribution in [0.4, 0.5) is 11.5 Å². The summed E-state index contributed by atoms with van der Waals surface area (Å²) in [4.78, 5) is 29.2. The van der Waals surface area contributed by atoms with Crippen LogP contribution in [-0.4, -0.2) is 28.0 Å². The normalized spacial score (nSPS) is 11.3. The van der Waals surface area contributed by atoms with Gasteiger partial charge in [-0.2, -0.15) is 10.5 Å². The number of nitrogens with zero attached hydrogens (tertiary/aromatic N) is 4. The minimum absolute atomic E-state index is 0.00577. The molecule has 1 atom stereocenters. The molecule has 0 bridgehead atoms. The van der Waals surface area contributed by atoms with E-state index in [1.54, 1.807) is 31.2 Å². The molecule has 4 N–H and O–H groups in total. The standard InChI is InChI=1S/C23H23N7O4S/c1-4-5-10-33-15-8-6-14(7-9-15)27-21(31)13(2)35-22-17(12-25)18(16(11-24)20(26)28-22)19-23(32)34-29-30(19)3/h6-9,13H,4-5,10H2,1-3H3,(H3-,26,27,28,29,31,32)/p+1. The number of carbonyl (C=O) groups is 1. The van der Waals surface area contributed by atoms with Gasteiger partial charge in [-0.15, -0.1) is 0 Å². The van der Waals surface area contributed by atoms with Crippen LogP contribution in [0.1, 0.15) is 37.8 Å². The summed E-state index contributed by atoms with van der Waals surface area (Å²) in [7, 11) is 1.49. The van der Waals surface area contributed by atoms with E-state index in [-0.39, 0.29) is 39.1 Å². The molecule has 0 aliphatic rings. The Morgan fingerprint density at radius 1 is 1.31 bits per heavy atom. The first-order valence-electron chi connectivity index (χ1n) is 10.7. The van der Waals surface area contributed by atoms with Crippen molar-refractivity contribution in [2.75, 3.05) is 17.7 Å². The summed E-state index contributed by atoms with van der Waals surface area (Å²) < 4.78 is 11.6. The van der Waals surface area contributed by atoms with Gasteiger partial charge in [0.2, 0.25) is 5.91 Å². The lowest BCUT2D eigenvalue weighted by molar-refractivity contribution is -0.730. The number of ether oxygens (including phenoxy) is 1. The van der Waals surface area contributed by atoms with Crippen LogP contribution in [0, 0.1) is 22.7 Å². The van der Waals surface area contributed by atoms with Gasteiger partial charge in [-0.25, -0.2) is 9.78 Å². The molecule has 1 unspecified atom stereocenters. The number of thioether (sulfide) groups is 1. The highest BCUT2D eigenvalue weighted by Crippen LogP contribution is 2.35. The monoisotopic (exact) mass is 494 g/mol. The maximum Gasteiger partial charge on any atom is 0.435 e. The van der Waals surface area contributed by atoms with Gasteiger partial charge in [-0.1, -0.05) is 29.8 Å². The highest BCUT2D eigenvalue weighted by molar-refractivity contribution is 8.00. The van der Waals surface area contributed by atoms with E-state index in [0.29, 0.717) is 18.0 Å². The number of nitrogen functional groups attached to an aromatic ring is 1. The Morgan fingerprint density at radius 3 is 2.57 bits per heavy atom. The smallest absolute Gasteiger partial charge is 0.435 e. The molecule has 3 aromatic rings. The van der Waals surface area contributed by atoms with Gasteiger partial charge in [0.15, 0.2) is 7.05 Å². The number of benzene rings is 1. The molecule has 0 saturated heterocycles. The number of amides is 1. The second-order valence-electron chi connectivity index (χ2n) is 7.51. The molecule has 11 nitrogen and oxygen atoms in total. The molecule has 0 saturated carbocycles. The van der Waals surface area contributed by atoms with Gasteiger partial charge in [-0.3, -0.25) is 9.32 Å². The summed E-state index contributed by atoms with van der Waals surface area (Å²) in [6.07, 6.45) is 2.00. The minimum Gasteiger partial charge on any atom is -0.494 e. The molecular formula is C23H24N7O4S+. The predicted octanol–water partition coefficient (Wildman–Crippen LogP) is 2.48. The molecule has 0 aliphatic carbocycles. The lowest BCUT2D eigenvalue weighted by Crippen LogP contribution is -2.34. The van der Waals surface area contributed by atoms with Crippen LogP contribution in [0.3, 0.4) is 0 Å². The molecule has 3 rings (SSSR count). The van der Waals surface area contributed by atoms with Crippen LogP contribution in [0.2, 0.25) is 0 Å². The topological polar surface area (TPSA) is 175 Å². The van der Waals surface area contributed by atoms with E-state index in [1.807, 2.05) is 12.1 Å². The first-order chi connectivity index (χ1) is 16.8. The van der Waals surface area contributed by atoms with Crippen molar-refractivity contribution < 1.29 is 18.7 Å². The average Bonchev–Trinajstić information content (AvgIpc) is 3.17. The number of rotatable bonds is 9. The van der Waals surface area contributed by atoms with Gasteiger partial charge in [0.1, 0.15) is 39.9 Å². The highest BCUT2D eigenvalue weighted by Gasteiger charge is 2.32. The molecule has 0 fully saturated rings. The van der Waals surface area contributed by atoms with Crippen molar-refractivity contribution in [3.8, 4) is 29.1 Å². The number of H-pyrrole nitrogens is 1. The van der Waals surface area contributed by atoms with Crippen molar-refractivity contribution in [1.82, 2.24) is 10.3 Å². The number of nitriles is 2. The predicted molar refractivity (Wildman–Crippen MR) is 128 cm³/mol. The van der Waals surface area contributed by atoms with Gasteiger partial charge >= 0.3 is 11.3 Å². The summed E-state index contributed by atoms with van der Waals surface area (Å²) in [6, 6.07) is 10.9. The molecule has 2 heterocycles. The number of unbranched alkanes of at least 4 members (excludes halogenated alkanes) is 1. The first-order valence-corrected chi connectivity index (χ1v) is 11.6. The fourth-order valence-corrected chi connectivity index (χ4v) is 4.08. The number of hydrogen-bond donors (Lipinski definition) is 3. The quantitative estimate of drug-likeness (QED) is 0.229. The van der Waals surface area contributed by atoms with Crippen molar-refractivity contribution >= 4 is 29.2 Å². The van der Waals surface area contributed by atoms with Crippen molar-refractivity contribution in [3.63, 3.8) is 0 Å². The molecule has 2 aromatic heterocycles. The van der Waals surface area contributed by atoms with E-state index in [0.717, 1.165) is 24.6 Å². The van der Waals surface area contributed by atoms with E-state index in [2.05, 4.69) is 22.5 Å². The van der Waals surface area contributed by atoms with E-state index in [9.17, 15) is 20.1 Å². The van der Waals surface area contributed by atoms with Crippen LogP contribution < -0.4 is 26.1 Å². The number of aromatic amines is 1. The highest BCUT2D eigenvalue weighted by atomic mass is 32.2. The van der Waals surface area contributed by atoms with Crippen LogP contribution in [0.15, 0.2) is 38.6 Å². The number of nitrogens with two attached hydrogens (primary N) is 1. The Hall–Kier alpha value is -4.29. The first kappa shape index (κ1) is 25.3. The van der Waals surface area contributed by atoms with E-state index >= 15 is 0 Å². The van der Waals surface area contributed by atoms with Crippen LogP contribution in [-0.2, 0) is 11.8 Å². The summed E-state index contributed by atoms with van der Waals surface area (Å²) in [5.74, 6) is 0.206. The van der Waals surface area contributed by atoms with E-state index < -0.39 is 10.9 Å². The van der Waals surface area contributed by atoms with E-state index in [4.69, 9.17) is 15.0 Å². The number of hydrogen-bond acceptors (Lipinski definition) is 9. The zero-order valence-corrected chi connectivity index (χ0v) is 20.2. The zero-order valence-electron chi connectivity index (χ0n) is 19.4. The number of aromatic nitrogens is 3. The lowest BCUT2D eigenvalue weighted by Gasteiger charge is -2.14. The Kier molecular flexibility index (Phi) is 8.12. The van der Waals surface area contributed by atoms with Crippen molar-refractivity contribution in [3.05, 3.63) is 45.8 Å². The molecule has 0 aliphatic heterocycles. The number of nitrogens with one attached hydrogen (secondary N) is 2. The Morgan fingerprint density at radius 2 is 2.00 bits per heavy atom. The zero-order chi connectivity index (χ0) is 25.5. The van der Waals surface area contributed by atoms with Crippen LogP contribution in [0.5, 0.6) is 5.75 Å². The summed E-state index contributed by atoms with van der Waals surface area (Å²) in [6.45, 7) is 4.35. The third-order valence-corrected chi connectivity index (χ3v) is 6.09. The Balaban J connectivity index is 1.85. The minimum atomic E-state index is -0.782. The third-order valence-electron chi connectivity index (χ3n) is 5.00. The van der Waals surface area contributed by atoms with Gasteiger partial charge < -0.3 is 15.8 Å².